The van der Waals surface area contributed by atoms with Gasteiger partial charge in [0.05, 0.1) is 6.04 Å². The standard InChI is InChI=1S/C17H29N3O5/c1-7-11(4)15(19(5)6)16(23)18-14(10(2)3)17(24)25-20-12(21)8-9-13(20)22/h10-11,14-15H,7-9H2,1-6H3,(H,18,23)/i5+1D3. The summed E-state index contributed by atoms with van der Waals surface area (Å²) in [5, 5.41) is 2.95. The molecule has 3 amide bonds. The SMILES string of the molecule is [2H][13C]([2H])([2H])N(C)C(C(=O)NC(C(=O)ON1C(=O)CCC1=O)C(C)C)C(C)CC. The third-order valence-corrected chi connectivity index (χ3v) is 4.27. The number of hydrogen-bond donors (Lipinski definition) is 1. The molecule has 1 heterocycles. The Morgan fingerprint density at radius 1 is 1.28 bits per heavy atom. The summed E-state index contributed by atoms with van der Waals surface area (Å²) in [5.74, 6) is -3.54. The van der Waals surface area contributed by atoms with E-state index in [1.165, 1.54) is 7.05 Å². The van der Waals surface area contributed by atoms with Crippen molar-refractivity contribution >= 4 is 23.7 Å². The van der Waals surface area contributed by atoms with Gasteiger partial charge in [0.1, 0.15) is 6.04 Å². The minimum absolute atomic E-state index is 0.0374. The highest BCUT2D eigenvalue weighted by atomic mass is 16.7. The van der Waals surface area contributed by atoms with Gasteiger partial charge >= 0.3 is 5.97 Å². The maximum atomic E-state index is 12.9. The van der Waals surface area contributed by atoms with E-state index in [4.69, 9.17) is 8.95 Å². The van der Waals surface area contributed by atoms with E-state index < -0.39 is 48.7 Å². The van der Waals surface area contributed by atoms with Crippen molar-refractivity contribution in [2.45, 2.75) is 59.0 Å². The van der Waals surface area contributed by atoms with Crippen LogP contribution in [0.1, 0.15) is 51.1 Å². The molecule has 0 saturated carbocycles. The van der Waals surface area contributed by atoms with E-state index in [0.717, 1.165) is 4.90 Å². The molecule has 0 aliphatic carbocycles. The number of hydroxylamine groups is 2. The first-order chi connectivity index (χ1) is 12.8. The Bertz CT molecular complexity index is 608. The number of hydrogen-bond acceptors (Lipinski definition) is 6. The van der Waals surface area contributed by atoms with Gasteiger partial charge in [0.25, 0.3) is 11.8 Å². The molecule has 1 fully saturated rings. The fourth-order valence-corrected chi connectivity index (χ4v) is 2.58. The highest BCUT2D eigenvalue weighted by molar-refractivity contribution is 6.02. The third-order valence-electron chi connectivity index (χ3n) is 4.27. The molecule has 8 heteroatoms. The average molecular weight is 359 g/mol. The summed E-state index contributed by atoms with van der Waals surface area (Å²) >= 11 is 0. The summed E-state index contributed by atoms with van der Waals surface area (Å²) in [4.78, 5) is 54.5. The van der Waals surface area contributed by atoms with Crippen LogP contribution in [0.5, 0.6) is 0 Å². The number of imide groups is 1. The van der Waals surface area contributed by atoms with Crippen molar-refractivity contribution in [2.75, 3.05) is 14.0 Å². The highest BCUT2D eigenvalue weighted by Crippen LogP contribution is 2.16. The summed E-state index contributed by atoms with van der Waals surface area (Å²) in [5.41, 5.74) is 0. The van der Waals surface area contributed by atoms with Crippen LogP contribution in [0.15, 0.2) is 0 Å². The van der Waals surface area contributed by atoms with Gasteiger partial charge in [0.2, 0.25) is 5.91 Å². The first kappa shape index (κ1) is 16.5. The normalized spacial score (nSPS) is 20.8. The van der Waals surface area contributed by atoms with Gasteiger partial charge in [0.15, 0.2) is 0 Å². The van der Waals surface area contributed by atoms with Gasteiger partial charge in [0, 0.05) is 17.0 Å². The van der Waals surface area contributed by atoms with Crippen molar-refractivity contribution in [3.8, 4) is 0 Å². The molecule has 8 nitrogen and oxygen atoms in total. The van der Waals surface area contributed by atoms with Crippen molar-refractivity contribution in [1.29, 1.82) is 0 Å². The summed E-state index contributed by atoms with van der Waals surface area (Å²) in [6.07, 6.45) is 0.473. The second-order valence-electron chi connectivity index (χ2n) is 6.66. The number of carbonyl (C=O) groups is 4. The lowest BCUT2D eigenvalue weighted by molar-refractivity contribution is -0.199. The van der Waals surface area contributed by atoms with Crippen LogP contribution in [0.2, 0.25) is 0 Å². The molecular weight excluding hydrogens is 327 g/mol. The molecule has 3 unspecified atom stereocenters. The van der Waals surface area contributed by atoms with Gasteiger partial charge < -0.3 is 10.2 Å². The molecule has 0 radical (unpaired) electrons. The molecule has 0 aromatic carbocycles. The predicted molar refractivity (Wildman–Crippen MR) is 90.9 cm³/mol. The first-order valence-corrected chi connectivity index (χ1v) is 8.42. The lowest BCUT2D eigenvalue weighted by Crippen LogP contribution is -2.54. The van der Waals surface area contributed by atoms with Gasteiger partial charge in [-0.15, -0.1) is 5.06 Å². The quantitative estimate of drug-likeness (QED) is 0.506. The van der Waals surface area contributed by atoms with Gasteiger partial charge in [-0.05, 0) is 25.9 Å². The molecule has 1 aliphatic heterocycles. The number of nitrogens with one attached hydrogen (secondary N) is 1. The van der Waals surface area contributed by atoms with Crippen molar-refractivity contribution in [3.63, 3.8) is 0 Å². The maximum absolute atomic E-state index is 12.9. The third kappa shape index (κ3) is 5.26. The minimum atomic E-state index is -2.49. The molecule has 25 heavy (non-hydrogen) atoms. The number of nitrogens with zero attached hydrogens (tertiary/aromatic N) is 2. The molecule has 3 atom stereocenters. The Balaban J connectivity index is 2.98. The summed E-state index contributed by atoms with van der Waals surface area (Å²) in [7, 11) is 1.33. The van der Waals surface area contributed by atoms with Crippen LogP contribution < -0.4 is 5.32 Å². The Kier molecular flexibility index (Phi) is 5.90. The molecular formula is C17H29N3O5. The minimum Gasteiger partial charge on any atom is -0.341 e. The molecule has 1 saturated heterocycles. The van der Waals surface area contributed by atoms with Crippen LogP contribution in [0, 0.1) is 11.8 Å². The predicted octanol–water partition coefficient (Wildman–Crippen LogP) is 0.711. The topological polar surface area (TPSA) is 96.0 Å². The number of likely N-dealkylation sites (N-methyl/N-ethyl adjacent to an activating group) is 1. The molecule has 0 bridgehead atoms. The zero-order valence-corrected chi connectivity index (χ0v) is 15.4. The van der Waals surface area contributed by atoms with Crippen LogP contribution in [-0.2, 0) is 24.0 Å². The van der Waals surface area contributed by atoms with E-state index in [2.05, 4.69) is 5.32 Å². The van der Waals surface area contributed by atoms with E-state index in [0.29, 0.717) is 11.5 Å². The second kappa shape index (κ2) is 8.94. The average Bonchev–Trinajstić information content (AvgIpc) is 2.90. The molecule has 0 aromatic heterocycles. The zero-order chi connectivity index (χ0) is 21.8. The van der Waals surface area contributed by atoms with E-state index >= 15 is 0 Å². The lowest BCUT2D eigenvalue weighted by atomic mass is 9.96. The Morgan fingerprint density at radius 2 is 1.84 bits per heavy atom. The first-order valence-electron chi connectivity index (χ1n) is 9.92. The largest absolute Gasteiger partial charge is 0.355 e. The van der Waals surface area contributed by atoms with Crippen molar-refractivity contribution in [2.24, 2.45) is 11.8 Å². The van der Waals surface area contributed by atoms with Gasteiger partial charge in [-0.25, -0.2) is 4.79 Å². The highest BCUT2D eigenvalue weighted by Gasteiger charge is 2.37. The molecule has 142 valence electrons. The Morgan fingerprint density at radius 3 is 2.28 bits per heavy atom. The Labute approximate surface area is 153 Å². The summed E-state index contributed by atoms with van der Waals surface area (Å²) in [6, 6.07) is -2.15. The van der Waals surface area contributed by atoms with Gasteiger partial charge in [-0.2, -0.15) is 0 Å². The van der Waals surface area contributed by atoms with E-state index in [9.17, 15) is 19.2 Å². The molecule has 1 N–H and O–H groups in total. The van der Waals surface area contributed by atoms with Gasteiger partial charge in [-0.1, -0.05) is 34.1 Å². The van der Waals surface area contributed by atoms with Crippen LogP contribution in [0.3, 0.4) is 0 Å². The van der Waals surface area contributed by atoms with E-state index in [1.54, 1.807) is 20.8 Å². The molecule has 1 aliphatic rings. The molecule has 0 aromatic rings. The smallest absolute Gasteiger partial charge is 0.341 e. The monoisotopic (exact) mass is 359 g/mol. The number of carbonyl (C=O) groups excluding carboxylic acids is 4. The van der Waals surface area contributed by atoms with Crippen molar-refractivity contribution in [3.05, 3.63) is 0 Å². The van der Waals surface area contributed by atoms with E-state index in [1.807, 2.05) is 6.92 Å². The number of amides is 3. The van der Waals surface area contributed by atoms with Gasteiger partial charge in [-0.3, -0.25) is 19.3 Å². The van der Waals surface area contributed by atoms with Crippen LogP contribution in [0.4, 0.5) is 0 Å². The molecule has 1 rings (SSSR count). The van der Waals surface area contributed by atoms with E-state index in [-0.39, 0.29) is 18.8 Å². The molecule has 0 spiro atoms. The Hall–Kier alpha value is -1.96. The lowest BCUT2D eigenvalue weighted by Gasteiger charge is -2.31. The number of rotatable bonds is 8. The summed E-state index contributed by atoms with van der Waals surface area (Å²) in [6.45, 7) is 4.40. The van der Waals surface area contributed by atoms with Crippen LogP contribution in [0.25, 0.3) is 0 Å². The maximum Gasteiger partial charge on any atom is 0.355 e. The summed E-state index contributed by atoms with van der Waals surface area (Å²) < 4.78 is 22.7. The van der Waals surface area contributed by atoms with Crippen LogP contribution >= 0.6 is 0 Å². The van der Waals surface area contributed by atoms with Crippen molar-refractivity contribution < 1.29 is 28.1 Å². The zero-order valence-electron chi connectivity index (χ0n) is 18.4. The fourth-order valence-electron chi connectivity index (χ4n) is 2.58. The van der Waals surface area contributed by atoms with Crippen molar-refractivity contribution in [1.82, 2.24) is 15.3 Å². The fraction of sp³-hybridized carbons (Fsp3) is 0.765. The second-order valence-corrected chi connectivity index (χ2v) is 6.66. The van der Waals surface area contributed by atoms with Crippen LogP contribution in [-0.4, -0.2) is 59.8 Å².